The van der Waals surface area contributed by atoms with E-state index in [1.807, 2.05) is 38.1 Å². The van der Waals surface area contributed by atoms with Gasteiger partial charge in [0.1, 0.15) is 11.6 Å². The van der Waals surface area contributed by atoms with Crippen molar-refractivity contribution in [2.24, 2.45) is 0 Å². The highest BCUT2D eigenvalue weighted by molar-refractivity contribution is 5.53. The van der Waals surface area contributed by atoms with E-state index in [1.54, 1.807) is 0 Å². The Morgan fingerprint density at radius 3 is 2.00 bits per heavy atom. The first kappa shape index (κ1) is 10.5. The van der Waals surface area contributed by atoms with E-state index >= 15 is 0 Å². The van der Waals surface area contributed by atoms with Crippen molar-refractivity contribution in [3.8, 4) is 0 Å². The summed E-state index contributed by atoms with van der Waals surface area (Å²) in [5, 5.41) is 3.15. The van der Waals surface area contributed by atoms with Gasteiger partial charge in [0.05, 0.1) is 0 Å². The normalized spacial score (nSPS) is 10.2. The molecule has 0 aliphatic carbocycles. The highest BCUT2D eigenvalue weighted by Crippen LogP contribution is 2.13. The van der Waals surface area contributed by atoms with Crippen LogP contribution in [-0.2, 0) is 0 Å². The molecule has 1 aromatic heterocycles. The topological polar surface area (TPSA) is 50.7 Å². The largest absolute Gasteiger partial charge is 0.324 e. The highest BCUT2D eigenvalue weighted by atomic mass is 15.2. The lowest BCUT2D eigenvalue weighted by molar-refractivity contribution is 0.928. The minimum atomic E-state index is 0. The molecule has 0 saturated heterocycles. The molecule has 0 amide bonds. The number of aromatic nitrogens is 3. The highest BCUT2D eigenvalue weighted by Gasteiger charge is 2.00. The quantitative estimate of drug-likeness (QED) is 0.838. The smallest absolute Gasteiger partial charge is 0.230 e. The van der Waals surface area contributed by atoms with E-state index in [-0.39, 0.29) is 1.43 Å². The molecule has 4 nitrogen and oxygen atoms in total. The van der Waals surface area contributed by atoms with Gasteiger partial charge in [0.15, 0.2) is 0 Å². The molecule has 1 aromatic carbocycles. The van der Waals surface area contributed by atoms with Gasteiger partial charge < -0.3 is 5.32 Å². The lowest BCUT2D eigenvalue weighted by Gasteiger charge is -2.05. The van der Waals surface area contributed by atoms with Gasteiger partial charge in [-0.25, -0.2) is 4.98 Å². The van der Waals surface area contributed by atoms with Crippen LogP contribution in [0.5, 0.6) is 0 Å². The Balaban J connectivity index is 0.00000144. The van der Waals surface area contributed by atoms with Crippen molar-refractivity contribution in [3.63, 3.8) is 0 Å². The van der Waals surface area contributed by atoms with Gasteiger partial charge in [0.2, 0.25) is 5.95 Å². The van der Waals surface area contributed by atoms with Crippen LogP contribution >= 0.6 is 0 Å². The Morgan fingerprint density at radius 2 is 1.44 bits per heavy atom. The van der Waals surface area contributed by atoms with Crippen LogP contribution < -0.4 is 5.32 Å². The van der Waals surface area contributed by atoms with Crippen molar-refractivity contribution in [3.05, 3.63) is 41.5 Å². The summed E-state index contributed by atoms with van der Waals surface area (Å²) in [6.45, 7) is 5.77. The van der Waals surface area contributed by atoms with Crippen LogP contribution in [-0.4, -0.2) is 15.0 Å². The first-order valence-electron chi connectivity index (χ1n) is 5.16. The third-order valence-corrected chi connectivity index (χ3v) is 2.17. The van der Waals surface area contributed by atoms with Gasteiger partial charge in [-0.15, -0.1) is 0 Å². The maximum Gasteiger partial charge on any atom is 0.230 e. The van der Waals surface area contributed by atoms with Gasteiger partial charge in [-0.3, -0.25) is 0 Å². The van der Waals surface area contributed by atoms with Gasteiger partial charge in [0, 0.05) is 7.11 Å². The fourth-order valence-electron chi connectivity index (χ4n) is 1.44. The summed E-state index contributed by atoms with van der Waals surface area (Å²) in [6.07, 6.45) is 0. The van der Waals surface area contributed by atoms with E-state index < -0.39 is 0 Å². The summed E-state index contributed by atoms with van der Waals surface area (Å²) in [5.74, 6) is 2.04. The second kappa shape index (κ2) is 4.26. The zero-order valence-corrected chi connectivity index (χ0v) is 9.65. The minimum Gasteiger partial charge on any atom is -0.324 e. The number of aryl methyl sites for hydroxylation is 3. The molecule has 0 unspecified atom stereocenters. The van der Waals surface area contributed by atoms with E-state index in [0.29, 0.717) is 5.95 Å². The van der Waals surface area contributed by atoms with Gasteiger partial charge >= 0.3 is 0 Å². The first-order chi connectivity index (χ1) is 7.63. The molecular formula is C12H16N4. The Bertz CT molecular complexity index is 476. The molecule has 0 saturated carbocycles. The fraction of sp³-hybridized carbons (Fsp3) is 0.250. The molecule has 4 heteroatoms. The predicted octanol–water partition coefficient (Wildman–Crippen LogP) is 2.79. The molecule has 0 radical (unpaired) electrons. The van der Waals surface area contributed by atoms with Crippen LogP contribution in [0.25, 0.3) is 0 Å². The molecule has 0 aliphatic heterocycles. The second-order valence-corrected chi connectivity index (χ2v) is 3.74. The van der Waals surface area contributed by atoms with E-state index in [9.17, 15) is 0 Å². The predicted molar refractivity (Wildman–Crippen MR) is 65.9 cm³/mol. The molecule has 84 valence electrons. The van der Waals surface area contributed by atoms with Crippen molar-refractivity contribution in [1.29, 1.82) is 0 Å². The summed E-state index contributed by atoms with van der Waals surface area (Å²) < 4.78 is 0. The second-order valence-electron chi connectivity index (χ2n) is 3.74. The number of nitrogens with zero attached hydrogens (tertiary/aromatic N) is 3. The fourth-order valence-corrected chi connectivity index (χ4v) is 1.44. The van der Waals surface area contributed by atoms with Gasteiger partial charge in [-0.1, -0.05) is 17.7 Å². The molecule has 2 rings (SSSR count). The number of rotatable bonds is 2. The molecule has 2 aromatic rings. The van der Waals surface area contributed by atoms with E-state index in [0.717, 1.165) is 17.3 Å². The van der Waals surface area contributed by atoms with Crippen molar-refractivity contribution in [1.82, 2.24) is 15.0 Å². The van der Waals surface area contributed by atoms with Crippen LogP contribution in [0.15, 0.2) is 24.3 Å². The maximum absolute atomic E-state index is 4.22. The van der Waals surface area contributed by atoms with Crippen molar-refractivity contribution < 1.29 is 1.43 Å². The van der Waals surface area contributed by atoms with Gasteiger partial charge in [0.25, 0.3) is 0 Å². The van der Waals surface area contributed by atoms with E-state index in [4.69, 9.17) is 0 Å². The number of benzene rings is 1. The lowest BCUT2D eigenvalue weighted by Crippen LogP contribution is -2.02. The number of nitrogens with one attached hydrogen (secondary N) is 1. The average Bonchev–Trinajstić information content (AvgIpc) is 2.20. The summed E-state index contributed by atoms with van der Waals surface area (Å²) in [5.41, 5.74) is 2.21. The van der Waals surface area contributed by atoms with Gasteiger partial charge in [-0.05, 0) is 32.9 Å². The minimum absolute atomic E-state index is 0. The third-order valence-electron chi connectivity index (χ3n) is 2.17. The van der Waals surface area contributed by atoms with Crippen LogP contribution in [0.3, 0.4) is 0 Å². The van der Waals surface area contributed by atoms with Crippen LogP contribution in [0, 0.1) is 20.8 Å². The molecule has 0 fully saturated rings. The zero-order chi connectivity index (χ0) is 11.5. The van der Waals surface area contributed by atoms with Gasteiger partial charge in [-0.2, -0.15) is 9.97 Å². The molecule has 0 bridgehead atoms. The monoisotopic (exact) mass is 216 g/mol. The SMILES string of the molecule is Cc1ccc(Nc2nc(C)nc(C)n2)cc1.[HH]. The maximum atomic E-state index is 4.22. The average molecular weight is 216 g/mol. The summed E-state index contributed by atoms with van der Waals surface area (Å²) >= 11 is 0. The molecule has 0 aliphatic rings. The third kappa shape index (κ3) is 2.53. The summed E-state index contributed by atoms with van der Waals surface area (Å²) in [7, 11) is 0. The molecular weight excluding hydrogens is 200 g/mol. The molecule has 0 spiro atoms. The van der Waals surface area contributed by atoms with Crippen LogP contribution in [0.4, 0.5) is 11.6 Å². The molecule has 1 heterocycles. The Morgan fingerprint density at radius 1 is 0.875 bits per heavy atom. The Hall–Kier alpha value is -1.97. The summed E-state index contributed by atoms with van der Waals surface area (Å²) in [4.78, 5) is 12.6. The molecule has 16 heavy (non-hydrogen) atoms. The number of anilines is 2. The number of hydrogen-bond acceptors (Lipinski definition) is 4. The van der Waals surface area contributed by atoms with Crippen LogP contribution in [0.1, 0.15) is 18.6 Å². The molecule has 0 atom stereocenters. The summed E-state index contributed by atoms with van der Waals surface area (Å²) in [6, 6.07) is 8.10. The number of hydrogen-bond donors (Lipinski definition) is 1. The molecule has 1 N–H and O–H groups in total. The van der Waals surface area contributed by atoms with Crippen molar-refractivity contribution in [2.75, 3.05) is 5.32 Å². The van der Waals surface area contributed by atoms with Crippen molar-refractivity contribution >= 4 is 11.6 Å². The van der Waals surface area contributed by atoms with E-state index in [1.165, 1.54) is 5.56 Å². The standard InChI is InChI=1S/C12H14N4.H2/c1-8-4-6-11(7-5-8)16-12-14-9(2)13-10(3)15-12;/h4-7H,1-3H3,(H,13,14,15,16);1H. The zero-order valence-electron chi connectivity index (χ0n) is 9.65. The van der Waals surface area contributed by atoms with Crippen molar-refractivity contribution in [2.45, 2.75) is 20.8 Å². The first-order valence-corrected chi connectivity index (χ1v) is 5.16. The Kier molecular flexibility index (Phi) is 2.81. The van der Waals surface area contributed by atoms with Crippen LogP contribution in [0.2, 0.25) is 0 Å². The lowest BCUT2D eigenvalue weighted by atomic mass is 10.2. The van der Waals surface area contributed by atoms with E-state index in [2.05, 4.69) is 27.2 Å². The Labute approximate surface area is 96.3 Å².